The van der Waals surface area contributed by atoms with Gasteiger partial charge in [0.2, 0.25) is 5.91 Å². The van der Waals surface area contributed by atoms with E-state index in [1.165, 1.54) is 25.7 Å². The maximum Gasteiger partial charge on any atom is 0.240 e. The van der Waals surface area contributed by atoms with Gasteiger partial charge in [0.25, 0.3) is 0 Å². The highest BCUT2D eigenvalue weighted by molar-refractivity contribution is 5.86. The summed E-state index contributed by atoms with van der Waals surface area (Å²) in [6, 6.07) is 0. The molecule has 19 heavy (non-hydrogen) atoms. The van der Waals surface area contributed by atoms with Gasteiger partial charge in [0.1, 0.15) is 0 Å². The molecule has 0 atom stereocenters. The van der Waals surface area contributed by atoms with E-state index in [-0.39, 0.29) is 18.3 Å². The van der Waals surface area contributed by atoms with E-state index in [0.29, 0.717) is 12.6 Å². The topological polar surface area (TPSA) is 64.4 Å². The maximum atomic E-state index is 11.9. The Morgan fingerprint density at radius 1 is 1.21 bits per heavy atom. The molecule has 0 aliphatic heterocycles. The SMILES string of the molecule is Cl.NC1(C(=O)NCCCOC2CCCC2)CCCC1. The van der Waals surface area contributed by atoms with Crippen LogP contribution in [0.2, 0.25) is 0 Å². The van der Waals surface area contributed by atoms with Crippen molar-refractivity contribution in [3.8, 4) is 0 Å². The molecule has 0 spiro atoms. The number of ether oxygens (including phenoxy) is 1. The smallest absolute Gasteiger partial charge is 0.240 e. The summed E-state index contributed by atoms with van der Waals surface area (Å²) in [6.45, 7) is 1.44. The summed E-state index contributed by atoms with van der Waals surface area (Å²) in [7, 11) is 0. The van der Waals surface area contributed by atoms with Crippen LogP contribution in [0.15, 0.2) is 0 Å². The lowest BCUT2D eigenvalue weighted by Crippen LogP contribution is -2.52. The van der Waals surface area contributed by atoms with Gasteiger partial charge in [-0.25, -0.2) is 0 Å². The first-order chi connectivity index (χ1) is 8.71. The summed E-state index contributed by atoms with van der Waals surface area (Å²) in [4.78, 5) is 11.9. The predicted molar refractivity (Wildman–Crippen MR) is 78.5 cm³/mol. The minimum atomic E-state index is -0.591. The Labute approximate surface area is 122 Å². The number of hydrogen-bond donors (Lipinski definition) is 2. The van der Waals surface area contributed by atoms with Crippen LogP contribution < -0.4 is 11.1 Å². The third-order valence-electron chi connectivity index (χ3n) is 4.21. The van der Waals surface area contributed by atoms with Crippen molar-refractivity contribution in [1.29, 1.82) is 0 Å². The van der Waals surface area contributed by atoms with E-state index < -0.39 is 5.54 Å². The van der Waals surface area contributed by atoms with Gasteiger partial charge in [0.05, 0.1) is 11.6 Å². The lowest BCUT2D eigenvalue weighted by Gasteiger charge is -2.22. The first-order valence-electron chi connectivity index (χ1n) is 7.39. The first-order valence-corrected chi connectivity index (χ1v) is 7.39. The fraction of sp³-hybridized carbons (Fsp3) is 0.929. The van der Waals surface area contributed by atoms with Gasteiger partial charge in [-0.3, -0.25) is 4.79 Å². The molecule has 0 saturated heterocycles. The minimum Gasteiger partial charge on any atom is -0.378 e. The Balaban J connectivity index is 0.00000180. The molecule has 5 heteroatoms. The summed E-state index contributed by atoms with van der Waals surface area (Å²) in [5, 5.41) is 2.95. The van der Waals surface area contributed by atoms with Crippen LogP contribution in [0.4, 0.5) is 0 Å². The Bertz CT molecular complexity index is 275. The van der Waals surface area contributed by atoms with Gasteiger partial charge in [-0.15, -0.1) is 12.4 Å². The molecule has 0 aromatic carbocycles. The van der Waals surface area contributed by atoms with Crippen LogP contribution in [-0.2, 0) is 9.53 Å². The van der Waals surface area contributed by atoms with Gasteiger partial charge in [-0.2, -0.15) is 0 Å². The molecular formula is C14H27ClN2O2. The summed E-state index contributed by atoms with van der Waals surface area (Å²) in [5.41, 5.74) is 5.48. The van der Waals surface area contributed by atoms with Crippen molar-refractivity contribution in [1.82, 2.24) is 5.32 Å². The highest BCUT2D eigenvalue weighted by Gasteiger charge is 2.36. The van der Waals surface area contributed by atoms with Crippen molar-refractivity contribution in [3.05, 3.63) is 0 Å². The molecule has 4 nitrogen and oxygen atoms in total. The summed E-state index contributed by atoms with van der Waals surface area (Å²) in [5.74, 6) is 0.0286. The standard InChI is InChI=1S/C14H26N2O2.ClH/c15-14(8-3-4-9-14)13(17)16-10-5-11-18-12-6-1-2-7-12;/h12H,1-11,15H2,(H,16,17);1H. The molecule has 0 radical (unpaired) electrons. The van der Waals surface area contributed by atoms with Crippen LogP contribution in [0.5, 0.6) is 0 Å². The summed E-state index contributed by atoms with van der Waals surface area (Å²) in [6.07, 6.45) is 10.2. The lowest BCUT2D eigenvalue weighted by molar-refractivity contribution is -0.126. The van der Waals surface area contributed by atoms with Crippen molar-refractivity contribution in [2.24, 2.45) is 5.73 Å². The van der Waals surface area contributed by atoms with E-state index in [4.69, 9.17) is 10.5 Å². The largest absolute Gasteiger partial charge is 0.378 e. The van der Waals surface area contributed by atoms with Gasteiger partial charge in [-0.1, -0.05) is 25.7 Å². The van der Waals surface area contributed by atoms with Crippen molar-refractivity contribution in [2.45, 2.75) is 69.4 Å². The number of amides is 1. The second-order valence-corrected chi connectivity index (χ2v) is 5.75. The fourth-order valence-electron chi connectivity index (χ4n) is 2.99. The molecule has 2 aliphatic rings. The van der Waals surface area contributed by atoms with E-state index >= 15 is 0 Å². The molecule has 0 aromatic heterocycles. The van der Waals surface area contributed by atoms with Crippen molar-refractivity contribution in [2.75, 3.05) is 13.2 Å². The van der Waals surface area contributed by atoms with Gasteiger partial charge in [0.15, 0.2) is 0 Å². The monoisotopic (exact) mass is 290 g/mol. The number of nitrogens with two attached hydrogens (primary N) is 1. The van der Waals surface area contributed by atoms with Crippen LogP contribution in [0.1, 0.15) is 57.8 Å². The van der Waals surface area contributed by atoms with Crippen molar-refractivity contribution >= 4 is 18.3 Å². The zero-order valence-corrected chi connectivity index (χ0v) is 12.5. The number of hydrogen-bond acceptors (Lipinski definition) is 3. The average Bonchev–Trinajstić information content (AvgIpc) is 3.00. The van der Waals surface area contributed by atoms with E-state index in [2.05, 4.69) is 5.32 Å². The Morgan fingerprint density at radius 2 is 1.84 bits per heavy atom. The lowest BCUT2D eigenvalue weighted by atomic mass is 9.98. The molecule has 2 saturated carbocycles. The number of carbonyl (C=O) groups is 1. The molecule has 1 amide bonds. The minimum absolute atomic E-state index is 0. The second-order valence-electron chi connectivity index (χ2n) is 5.75. The highest BCUT2D eigenvalue weighted by atomic mass is 35.5. The molecule has 2 rings (SSSR count). The Kier molecular flexibility index (Phi) is 7.11. The third kappa shape index (κ3) is 4.93. The van der Waals surface area contributed by atoms with Crippen molar-refractivity contribution in [3.63, 3.8) is 0 Å². The Morgan fingerprint density at radius 3 is 2.47 bits per heavy atom. The first kappa shape index (κ1) is 16.7. The third-order valence-corrected chi connectivity index (χ3v) is 4.21. The van der Waals surface area contributed by atoms with Crippen LogP contribution in [0.3, 0.4) is 0 Å². The van der Waals surface area contributed by atoms with Crippen molar-refractivity contribution < 1.29 is 9.53 Å². The van der Waals surface area contributed by atoms with Crippen LogP contribution in [0, 0.1) is 0 Å². The van der Waals surface area contributed by atoms with Crippen LogP contribution in [-0.4, -0.2) is 30.7 Å². The van der Waals surface area contributed by atoms with Gasteiger partial charge in [-0.05, 0) is 32.1 Å². The molecule has 0 unspecified atom stereocenters. The number of carbonyl (C=O) groups excluding carboxylic acids is 1. The fourth-order valence-corrected chi connectivity index (χ4v) is 2.99. The summed E-state index contributed by atoms with van der Waals surface area (Å²) < 4.78 is 5.75. The number of rotatable bonds is 6. The predicted octanol–water partition coefficient (Wildman–Crippen LogP) is 2.15. The van der Waals surface area contributed by atoms with E-state index in [1.54, 1.807) is 0 Å². The van der Waals surface area contributed by atoms with E-state index in [1.807, 2.05) is 0 Å². The molecule has 2 aliphatic carbocycles. The highest BCUT2D eigenvalue weighted by Crippen LogP contribution is 2.27. The molecule has 3 N–H and O–H groups in total. The average molecular weight is 291 g/mol. The van der Waals surface area contributed by atoms with Gasteiger partial charge >= 0.3 is 0 Å². The number of nitrogens with one attached hydrogen (secondary N) is 1. The molecule has 2 fully saturated rings. The second kappa shape index (κ2) is 8.08. The van der Waals surface area contributed by atoms with E-state index in [9.17, 15) is 4.79 Å². The maximum absolute atomic E-state index is 11.9. The molecule has 112 valence electrons. The molecule has 0 heterocycles. The Hall–Kier alpha value is -0.320. The quantitative estimate of drug-likeness (QED) is 0.737. The number of halogens is 1. The molecular weight excluding hydrogens is 264 g/mol. The summed E-state index contributed by atoms with van der Waals surface area (Å²) >= 11 is 0. The molecule has 0 aromatic rings. The van der Waals surface area contributed by atoms with Crippen LogP contribution in [0.25, 0.3) is 0 Å². The van der Waals surface area contributed by atoms with Crippen LogP contribution >= 0.6 is 12.4 Å². The normalized spacial score (nSPS) is 22.2. The molecule has 0 bridgehead atoms. The van der Waals surface area contributed by atoms with Gasteiger partial charge in [0, 0.05) is 13.2 Å². The zero-order valence-electron chi connectivity index (χ0n) is 11.7. The van der Waals surface area contributed by atoms with E-state index in [0.717, 1.165) is 38.7 Å². The van der Waals surface area contributed by atoms with Gasteiger partial charge < -0.3 is 15.8 Å². The zero-order chi connectivity index (χ0) is 12.8.